The first-order chi connectivity index (χ1) is 9.63. The highest BCUT2D eigenvalue weighted by Gasteiger charge is 2.06. The number of hydrogen-bond acceptors (Lipinski definition) is 3. The molecule has 1 unspecified atom stereocenters. The maximum atomic E-state index is 11.6. The predicted molar refractivity (Wildman–Crippen MR) is 79.8 cm³/mol. The second-order valence-electron chi connectivity index (χ2n) is 4.96. The smallest absolute Gasteiger partial charge is 0.220 e. The van der Waals surface area contributed by atoms with Crippen LogP contribution in [0.15, 0.2) is 24.3 Å². The van der Waals surface area contributed by atoms with Gasteiger partial charge in [-0.15, -0.1) is 0 Å². The predicted octanol–water partition coefficient (Wildman–Crippen LogP) is 2.43. The maximum Gasteiger partial charge on any atom is 0.220 e. The summed E-state index contributed by atoms with van der Waals surface area (Å²) in [4.78, 5) is 11.6. The number of nitrogens with one attached hydrogen (secondary N) is 1. The number of aryl methyl sites for hydroxylation is 1. The molecule has 1 aromatic rings. The number of aliphatic hydroxyl groups is 1. The topological polar surface area (TPSA) is 58.6 Å². The molecule has 1 amide bonds. The number of ether oxygens (including phenoxy) is 1. The lowest BCUT2D eigenvalue weighted by molar-refractivity contribution is -0.121. The van der Waals surface area contributed by atoms with Crippen LogP contribution in [-0.2, 0) is 4.79 Å². The van der Waals surface area contributed by atoms with Crippen molar-refractivity contribution in [2.75, 3.05) is 13.2 Å². The van der Waals surface area contributed by atoms with Gasteiger partial charge in [-0.2, -0.15) is 0 Å². The Morgan fingerprint density at radius 3 is 2.85 bits per heavy atom. The minimum absolute atomic E-state index is 0.0338. The molecule has 0 saturated heterocycles. The van der Waals surface area contributed by atoms with E-state index in [2.05, 4.69) is 5.32 Å². The molecule has 0 aliphatic carbocycles. The van der Waals surface area contributed by atoms with E-state index in [1.807, 2.05) is 38.1 Å². The molecule has 2 N–H and O–H groups in total. The Morgan fingerprint density at radius 1 is 1.40 bits per heavy atom. The normalized spacial score (nSPS) is 11.9. The molecule has 0 saturated carbocycles. The molecule has 0 heterocycles. The standard InChI is InChI=1S/C16H25NO3/c1-3-7-14(18)12-17-16(19)10-6-11-20-15-9-5-4-8-13(15)2/h4-5,8-9,14,18H,3,6-7,10-12H2,1-2H3,(H,17,19). The number of carbonyl (C=O) groups is 1. The van der Waals surface area contributed by atoms with Crippen LogP contribution in [0, 0.1) is 6.92 Å². The molecule has 0 radical (unpaired) electrons. The Morgan fingerprint density at radius 2 is 2.15 bits per heavy atom. The van der Waals surface area contributed by atoms with Crippen molar-refractivity contribution < 1.29 is 14.6 Å². The summed E-state index contributed by atoms with van der Waals surface area (Å²) in [5.41, 5.74) is 1.10. The largest absolute Gasteiger partial charge is 0.493 e. The van der Waals surface area contributed by atoms with Crippen molar-refractivity contribution >= 4 is 5.91 Å². The van der Waals surface area contributed by atoms with Crippen LogP contribution in [0.25, 0.3) is 0 Å². The average Bonchev–Trinajstić information content (AvgIpc) is 2.43. The third-order valence-corrected chi connectivity index (χ3v) is 3.06. The van der Waals surface area contributed by atoms with Crippen LogP contribution >= 0.6 is 0 Å². The average molecular weight is 279 g/mol. The van der Waals surface area contributed by atoms with Gasteiger partial charge in [-0.05, 0) is 31.4 Å². The van der Waals surface area contributed by atoms with E-state index in [4.69, 9.17) is 4.74 Å². The first kappa shape index (κ1) is 16.5. The molecule has 1 rings (SSSR count). The minimum atomic E-state index is -0.438. The van der Waals surface area contributed by atoms with Crippen LogP contribution in [-0.4, -0.2) is 30.3 Å². The van der Waals surface area contributed by atoms with Gasteiger partial charge in [0.2, 0.25) is 5.91 Å². The van der Waals surface area contributed by atoms with Crippen LogP contribution in [0.4, 0.5) is 0 Å². The SMILES string of the molecule is CCCC(O)CNC(=O)CCCOc1ccccc1C. The van der Waals surface area contributed by atoms with E-state index < -0.39 is 6.10 Å². The second kappa shape index (κ2) is 9.37. The lowest BCUT2D eigenvalue weighted by Gasteiger charge is -2.11. The zero-order valence-electron chi connectivity index (χ0n) is 12.4. The van der Waals surface area contributed by atoms with Crippen LogP contribution in [0.5, 0.6) is 5.75 Å². The first-order valence-corrected chi connectivity index (χ1v) is 7.26. The van der Waals surface area contributed by atoms with Gasteiger partial charge in [0.1, 0.15) is 5.75 Å². The molecule has 0 aromatic heterocycles. The summed E-state index contributed by atoms with van der Waals surface area (Å²) in [6, 6.07) is 7.83. The fraction of sp³-hybridized carbons (Fsp3) is 0.562. The van der Waals surface area contributed by atoms with Crippen molar-refractivity contribution in [3.8, 4) is 5.75 Å². The summed E-state index contributed by atoms with van der Waals surface area (Å²) in [5, 5.41) is 12.2. The van der Waals surface area contributed by atoms with Crippen molar-refractivity contribution in [1.29, 1.82) is 0 Å². The Labute approximate surface area is 121 Å². The van der Waals surface area contributed by atoms with Crippen molar-refractivity contribution in [3.63, 3.8) is 0 Å². The monoisotopic (exact) mass is 279 g/mol. The molecule has 1 atom stereocenters. The molecule has 0 fully saturated rings. The molecule has 20 heavy (non-hydrogen) atoms. The quantitative estimate of drug-likeness (QED) is 0.683. The fourth-order valence-electron chi connectivity index (χ4n) is 1.89. The summed E-state index contributed by atoms with van der Waals surface area (Å²) >= 11 is 0. The molecule has 0 spiro atoms. The van der Waals surface area contributed by atoms with Crippen LogP contribution in [0.3, 0.4) is 0 Å². The maximum absolute atomic E-state index is 11.6. The fourth-order valence-corrected chi connectivity index (χ4v) is 1.89. The molecule has 0 aliphatic heterocycles. The van der Waals surface area contributed by atoms with Crippen molar-refractivity contribution in [2.45, 2.75) is 45.6 Å². The summed E-state index contributed by atoms with van der Waals surface area (Å²) in [5.74, 6) is 0.833. The molecule has 4 heteroatoms. The van der Waals surface area contributed by atoms with E-state index in [-0.39, 0.29) is 5.91 Å². The van der Waals surface area contributed by atoms with Gasteiger partial charge in [-0.3, -0.25) is 4.79 Å². The summed E-state index contributed by atoms with van der Waals surface area (Å²) in [6.07, 6.45) is 2.29. The molecule has 0 aliphatic rings. The van der Waals surface area contributed by atoms with Gasteiger partial charge in [0, 0.05) is 13.0 Å². The Hall–Kier alpha value is -1.55. The van der Waals surface area contributed by atoms with Gasteiger partial charge < -0.3 is 15.2 Å². The number of carbonyl (C=O) groups excluding carboxylic acids is 1. The number of hydrogen-bond donors (Lipinski definition) is 2. The second-order valence-corrected chi connectivity index (χ2v) is 4.96. The lowest BCUT2D eigenvalue weighted by atomic mass is 10.2. The highest BCUT2D eigenvalue weighted by molar-refractivity contribution is 5.75. The highest BCUT2D eigenvalue weighted by atomic mass is 16.5. The molecule has 1 aromatic carbocycles. The number of benzene rings is 1. The lowest BCUT2D eigenvalue weighted by Crippen LogP contribution is -2.32. The Balaban J connectivity index is 2.12. The van der Waals surface area contributed by atoms with Crippen molar-refractivity contribution in [3.05, 3.63) is 29.8 Å². The third-order valence-electron chi connectivity index (χ3n) is 3.06. The summed E-state index contributed by atoms with van der Waals surface area (Å²) in [6.45, 7) is 4.87. The van der Waals surface area contributed by atoms with Gasteiger partial charge in [0.05, 0.1) is 12.7 Å². The van der Waals surface area contributed by atoms with E-state index >= 15 is 0 Å². The zero-order valence-corrected chi connectivity index (χ0v) is 12.4. The highest BCUT2D eigenvalue weighted by Crippen LogP contribution is 2.16. The van der Waals surface area contributed by atoms with Gasteiger partial charge >= 0.3 is 0 Å². The summed E-state index contributed by atoms with van der Waals surface area (Å²) < 4.78 is 5.62. The first-order valence-electron chi connectivity index (χ1n) is 7.26. The van der Waals surface area contributed by atoms with E-state index in [9.17, 15) is 9.90 Å². The van der Waals surface area contributed by atoms with Crippen molar-refractivity contribution in [1.82, 2.24) is 5.32 Å². The Bertz CT molecular complexity index is 406. The minimum Gasteiger partial charge on any atom is -0.493 e. The van der Waals surface area contributed by atoms with Gasteiger partial charge in [-0.1, -0.05) is 31.5 Å². The van der Waals surface area contributed by atoms with E-state index in [0.29, 0.717) is 26.0 Å². The van der Waals surface area contributed by atoms with Gasteiger partial charge in [0.25, 0.3) is 0 Å². The van der Waals surface area contributed by atoms with E-state index in [0.717, 1.165) is 24.2 Å². The van der Waals surface area contributed by atoms with E-state index in [1.54, 1.807) is 0 Å². The molecular weight excluding hydrogens is 254 g/mol. The van der Waals surface area contributed by atoms with Crippen LogP contribution in [0.1, 0.15) is 38.2 Å². The Kier molecular flexibility index (Phi) is 7.73. The van der Waals surface area contributed by atoms with Crippen LogP contribution < -0.4 is 10.1 Å². The van der Waals surface area contributed by atoms with Gasteiger partial charge in [-0.25, -0.2) is 0 Å². The molecule has 112 valence electrons. The van der Waals surface area contributed by atoms with E-state index in [1.165, 1.54) is 0 Å². The third kappa shape index (κ3) is 6.57. The molecule has 0 bridgehead atoms. The number of amides is 1. The molecule has 4 nitrogen and oxygen atoms in total. The number of rotatable bonds is 9. The number of para-hydroxylation sites is 1. The van der Waals surface area contributed by atoms with Crippen molar-refractivity contribution in [2.24, 2.45) is 0 Å². The van der Waals surface area contributed by atoms with Crippen LogP contribution in [0.2, 0.25) is 0 Å². The number of aliphatic hydroxyl groups excluding tert-OH is 1. The van der Waals surface area contributed by atoms with Gasteiger partial charge in [0.15, 0.2) is 0 Å². The zero-order chi connectivity index (χ0) is 14.8. The molecular formula is C16H25NO3. The summed E-state index contributed by atoms with van der Waals surface area (Å²) in [7, 11) is 0.